The number of hydrogen-bond acceptors (Lipinski definition) is 3. The molecule has 0 spiro atoms. The van der Waals surface area contributed by atoms with Crippen LogP contribution in [0.15, 0.2) is 18.2 Å². The molecule has 3 N–H and O–H groups in total. The Bertz CT molecular complexity index is 501. The molecule has 110 valence electrons. The van der Waals surface area contributed by atoms with E-state index in [4.69, 9.17) is 12.2 Å². The first-order valence-electron chi connectivity index (χ1n) is 6.79. The molecule has 0 aromatic heterocycles. The van der Waals surface area contributed by atoms with Gasteiger partial charge in [-0.3, -0.25) is 4.79 Å². The summed E-state index contributed by atoms with van der Waals surface area (Å²) in [6.45, 7) is 7.81. The van der Waals surface area contributed by atoms with Crippen LogP contribution in [-0.2, 0) is 4.79 Å². The van der Waals surface area contributed by atoms with Gasteiger partial charge >= 0.3 is 0 Å². The first-order chi connectivity index (χ1) is 9.35. The predicted octanol–water partition coefficient (Wildman–Crippen LogP) is 3.37. The zero-order valence-corrected chi connectivity index (χ0v) is 13.2. The van der Waals surface area contributed by atoms with Crippen molar-refractivity contribution in [3.8, 4) is 5.75 Å². The number of anilines is 1. The minimum atomic E-state index is -0.153. The average molecular weight is 294 g/mol. The molecule has 1 unspecified atom stereocenters. The van der Waals surface area contributed by atoms with Crippen LogP contribution in [0.5, 0.6) is 5.75 Å². The molecule has 4 nitrogen and oxygen atoms in total. The van der Waals surface area contributed by atoms with Crippen molar-refractivity contribution < 1.29 is 9.90 Å². The lowest BCUT2D eigenvalue weighted by atomic mass is 9.98. The Morgan fingerprint density at radius 2 is 2.00 bits per heavy atom. The largest absolute Gasteiger partial charge is 0.506 e. The van der Waals surface area contributed by atoms with E-state index in [2.05, 4.69) is 24.5 Å². The maximum absolute atomic E-state index is 11.5. The molecule has 0 aliphatic carbocycles. The molecular formula is C15H22N2O2S. The SMILES string of the molecule is CCC(C)c1ccc(O)c(NC(=S)NC(=O)C(C)C)c1. The third-order valence-electron chi connectivity index (χ3n) is 3.21. The van der Waals surface area contributed by atoms with Gasteiger partial charge < -0.3 is 15.7 Å². The molecule has 1 amide bonds. The summed E-state index contributed by atoms with van der Waals surface area (Å²) in [6, 6.07) is 5.39. The zero-order valence-electron chi connectivity index (χ0n) is 12.4. The minimum absolute atomic E-state index is 0.109. The maximum atomic E-state index is 11.5. The van der Waals surface area contributed by atoms with Crippen molar-refractivity contribution in [1.82, 2.24) is 5.32 Å². The molecule has 0 radical (unpaired) electrons. The van der Waals surface area contributed by atoms with Crippen LogP contribution in [-0.4, -0.2) is 16.1 Å². The lowest BCUT2D eigenvalue weighted by Gasteiger charge is -2.15. The van der Waals surface area contributed by atoms with Gasteiger partial charge in [-0.05, 0) is 42.3 Å². The number of phenols is 1. The van der Waals surface area contributed by atoms with Crippen molar-refractivity contribution in [3.05, 3.63) is 23.8 Å². The van der Waals surface area contributed by atoms with Crippen molar-refractivity contribution in [3.63, 3.8) is 0 Å². The predicted molar refractivity (Wildman–Crippen MR) is 86.0 cm³/mol. The summed E-state index contributed by atoms with van der Waals surface area (Å²) in [4.78, 5) is 11.5. The number of carbonyl (C=O) groups excluding carboxylic acids is 1. The quantitative estimate of drug-likeness (QED) is 0.588. The van der Waals surface area contributed by atoms with Gasteiger partial charge in [0.05, 0.1) is 5.69 Å². The number of aromatic hydroxyl groups is 1. The third-order valence-corrected chi connectivity index (χ3v) is 3.42. The first kappa shape index (κ1) is 16.4. The van der Waals surface area contributed by atoms with Crippen molar-refractivity contribution >= 4 is 28.9 Å². The number of carbonyl (C=O) groups is 1. The topological polar surface area (TPSA) is 61.4 Å². The van der Waals surface area contributed by atoms with E-state index in [-0.39, 0.29) is 22.7 Å². The highest BCUT2D eigenvalue weighted by atomic mass is 32.1. The van der Waals surface area contributed by atoms with Gasteiger partial charge in [-0.1, -0.05) is 33.8 Å². The average Bonchev–Trinajstić information content (AvgIpc) is 2.40. The molecule has 1 atom stereocenters. The molecule has 1 rings (SSSR count). The third kappa shape index (κ3) is 4.49. The molecule has 1 aromatic rings. The van der Waals surface area contributed by atoms with Crippen LogP contribution in [0.3, 0.4) is 0 Å². The van der Waals surface area contributed by atoms with Crippen molar-refractivity contribution in [1.29, 1.82) is 0 Å². The van der Waals surface area contributed by atoms with E-state index in [1.54, 1.807) is 19.9 Å². The molecule has 1 aromatic carbocycles. The number of amides is 1. The summed E-state index contributed by atoms with van der Waals surface area (Å²) < 4.78 is 0. The Morgan fingerprint density at radius 1 is 1.35 bits per heavy atom. The van der Waals surface area contributed by atoms with E-state index in [1.807, 2.05) is 12.1 Å². The second kappa shape index (κ2) is 7.24. The van der Waals surface area contributed by atoms with Crippen LogP contribution in [0.1, 0.15) is 45.6 Å². The molecule has 0 bridgehead atoms. The van der Waals surface area contributed by atoms with Crippen molar-refractivity contribution in [2.45, 2.75) is 40.0 Å². The lowest BCUT2D eigenvalue weighted by Crippen LogP contribution is -2.36. The summed E-state index contributed by atoms with van der Waals surface area (Å²) in [5.41, 5.74) is 1.63. The Labute approximate surface area is 125 Å². The van der Waals surface area contributed by atoms with Crippen LogP contribution >= 0.6 is 12.2 Å². The molecule has 0 aliphatic rings. The summed E-state index contributed by atoms with van der Waals surface area (Å²) in [7, 11) is 0. The fraction of sp³-hybridized carbons (Fsp3) is 0.467. The summed E-state index contributed by atoms with van der Waals surface area (Å²) in [5.74, 6) is 0.211. The van der Waals surface area contributed by atoms with Crippen LogP contribution in [0.25, 0.3) is 0 Å². The van der Waals surface area contributed by atoms with Crippen LogP contribution in [0, 0.1) is 5.92 Å². The van der Waals surface area contributed by atoms with Crippen molar-refractivity contribution in [2.75, 3.05) is 5.32 Å². The monoisotopic (exact) mass is 294 g/mol. The highest BCUT2D eigenvalue weighted by Crippen LogP contribution is 2.28. The van der Waals surface area contributed by atoms with Crippen LogP contribution in [0.2, 0.25) is 0 Å². The molecular weight excluding hydrogens is 272 g/mol. The summed E-state index contributed by atoms with van der Waals surface area (Å²) in [6.07, 6.45) is 1.01. The second-order valence-corrected chi connectivity index (χ2v) is 5.59. The van der Waals surface area contributed by atoms with Crippen LogP contribution in [0.4, 0.5) is 5.69 Å². The standard InChI is InChI=1S/C15H22N2O2S/c1-5-10(4)11-6-7-13(18)12(8-11)16-15(20)17-14(19)9(2)3/h6-10,18H,5H2,1-4H3,(H2,16,17,19,20). The highest BCUT2D eigenvalue weighted by molar-refractivity contribution is 7.80. The molecule has 5 heteroatoms. The fourth-order valence-electron chi connectivity index (χ4n) is 1.61. The van der Waals surface area contributed by atoms with Gasteiger partial charge in [-0.2, -0.15) is 0 Å². The second-order valence-electron chi connectivity index (χ2n) is 5.18. The van der Waals surface area contributed by atoms with Gasteiger partial charge in [-0.25, -0.2) is 0 Å². The Balaban J connectivity index is 2.81. The Morgan fingerprint density at radius 3 is 2.55 bits per heavy atom. The van der Waals surface area contributed by atoms with Gasteiger partial charge in [0.25, 0.3) is 0 Å². The lowest BCUT2D eigenvalue weighted by molar-refractivity contribution is -0.122. The van der Waals surface area contributed by atoms with E-state index in [0.29, 0.717) is 11.6 Å². The van der Waals surface area contributed by atoms with E-state index in [9.17, 15) is 9.90 Å². The number of benzene rings is 1. The number of nitrogens with one attached hydrogen (secondary N) is 2. The van der Waals surface area contributed by atoms with Crippen molar-refractivity contribution in [2.24, 2.45) is 5.92 Å². The highest BCUT2D eigenvalue weighted by Gasteiger charge is 2.12. The van der Waals surface area contributed by atoms with E-state index in [0.717, 1.165) is 12.0 Å². The Hall–Kier alpha value is -1.62. The van der Waals surface area contributed by atoms with Gasteiger partial charge in [0.2, 0.25) is 5.91 Å². The van der Waals surface area contributed by atoms with Gasteiger partial charge in [-0.15, -0.1) is 0 Å². The maximum Gasteiger partial charge on any atom is 0.228 e. The minimum Gasteiger partial charge on any atom is -0.506 e. The number of hydrogen-bond donors (Lipinski definition) is 3. The fourth-order valence-corrected chi connectivity index (χ4v) is 1.82. The first-order valence-corrected chi connectivity index (χ1v) is 7.20. The molecule has 0 heterocycles. The molecule has 0 aliphatic heterocycles. The number of thiocarbonyl (C=S) groups is 1. The van der Waals surface area contributed by atoms with Gasteiger partial charge in [0.15, 0.2) is 5.11 Å². The summed E-state index contributed by atoms with van der Waals surface area (Å²) in [5, 5.41) is 15.5. The smallest absolute Gasteiger partial charge is 0.228 e. The normalized spacial score (nSPS) is 12.1. The van der Waals surface area contributed by atoms with Gasteiger partial charge in [0.1, 0.15) is 5.75 Å². The number of rotatable bonds is 4. The van der Waals surface area contributed by atoms with Gasteiger partial charge in [0, 0.05) is 5.92 Å². The molecule has 0 saturated carbocycles. The van der Waals surface area contributed by atoms with E-state index >= 15 is 0 Å². The van der Waals surface area contributed by atoms with E-state index in [1.165, 1.54) is 0 Å². The zero-order chi connectivity index (χ0) is 15.3. The molecule has 0 fully saturated rings. The summed E-state index contributed by atoms with van der Waals surface area (Å²) >= 11 is 5.07. The Kier molecular flexibility index (Phi) is 5.95. The molecule has 20 heavy (non-hydrogen) atoms. The molecule has 0 saturated heterocycles. The van der Waals surface area contributed by atoms with Crippen LogP contribution < -0.4 is 10.6 Å². The number of phenolic OH excluding ortho intramolecular Hbond substituents is 1. The van der Waals surface area contributed by atoms with E-state index < -0.39 is 0 Å².